The van der Waals surface area contributed by atoms with Crippen LogP contribution >= 0.6 is 0 Å². The van der Waals surface area contributed by atoms with Gasteiger partial charge in [-0.05, 0) is 24.1 Å². The smallest absolute Gasteiger partial charge is 0.251 e. The van der Waals surface area contributed by atoms with E-state index in [0.29, 0.717) is 24.8 Å². The van der Waals surface area contributed by atoms with Crippen molar-refractivity contribution in [1.29, 1.82) is 0 Å². The van der Waals surface area contributed by atoms with Gasteiger partial charge in [-0.1, -0.05) is 25.1 Å². The van der Waals surface area contributed by atoms with Gasteiger partial charge in [0.2, 0.25) is 5.89 Å². The summed E-state index contributed by atoms with van der Waals surface area (Å²) in [5.74, 6) is 1.49. The van der Waals surface area contributed by atoms with E-state index < -0.39 is 0 Å². The minimum absolute atomic E-state index is 0.0141. The van der Waals surface area contributed by atoms with Crippen molar-refractivity contribution in [3.05, 3.63) is 41.0 Å². The van der Waals surface area contributed by atoms with Gasteiger partial charge in [-0.3, -0.25) is 4.79 Å². The first-order chi connectivity index (χ1) is 10.1. The summed E-state index contributed by atoms with van der Waals surface area (Å²) >= 11 is 0. The van der Waals surface area contributed by atoms with E-state index in [0.717, 1.165) is 23.2 Å². The van der Waals surface area contributed by atoms with Gasteiger partial charge in [0, 0.05) is 23.7 Å². The van der Waals surface area contributed by atoms with E-state index >= 15 is 0 Å². The van der Waals surface area contributed by atoms with Crippen LogP contribution in [0.1, 0.15) is 47.4 Å². The first-order valence-electron chi connectivity index (χ1n) is 7.11. The molecule has 3 rings (SSSR count). The number of carbonyl (C=O) groups is 1. The minimum atomic E-state index is -0.0141. The van der Waals surface area contributed by atoms with E-state index in [9.17, 15) is 4.79 Å². The number of hydrogen-bond acceptors (Lipinski definition) is 5. The lowest BCUT2D eigenvalue weighted by Gasteiger charge is -2.19. The SMILES string of the molecule is CC(C)c1noc(CNc2cccc3c2CCNC3=O)n1. The fourth-order valence-electron chi connectivity index (χ4n) is 2.38. The van der Waals surface area contributed by atoms with Crippen molar-refractivity contribution in [3.63, 3.8) is 0 Å². The third-order valence-electron chi connectivity index (χ3n) is 3.51. The Balaban J connectivity index is 1.76. The number of amides is 1. The van der Waals surface area contributed by atoms with Gasteiger partial charge in [-0.2, -0.15) is 4.98 Å². The van der Waals surface area contributed by atoms with Crippen LogP contribution in [0.2, 0.25) is 0 Å². The molecular weight excluding hydrogens is 268 g/mol. The molecular formula is C15H18N4O2. The van der Waals surface area contributed by atoms with Gasteiger partial charge in [0.15, 0.2) is 5.82 Å². The zero-order valence-corrected chi connectivity index (χ0v) is 12.1. The standard InChI is InChI=1S/C15H18N4O2/c1-9(2)14-18-13(21-19-14)8-17-12-5-3-4-11-10(12)6-7-16-15(11)20/h3-5,9,17H,6-8H2,1-2H3,(H,16,20). The summed E-state index contributed by atoms with van der Waals surface area (Å²) in [6.07, 6.45) is 0.825. The summed E-state index contributed by atoms with van der Waals surface area (Å²) in [7, 11) is 0. The molecule has 1 aromatic carbocycles. The highest BCUT2D eigenvalue weighted by Gasteiger charge is 2.19. The van der Waals surface area contributed by atoms with Crippen molar-refractivity contribution in [2.24, 2.45) is 0 Å². The van der Waals surface area contributed by atoms with Crippen LogP contribution in [0.4, 0.5) is 5.69 Å². The highest BCUT2D eigenvalue weighted by Crippen LogP contribution is 2.23. The molecule has 2 aromatic rings. The molecule has 0 aliphatic carbocycles. The van der Waals surface area contributed by atoms with Crippen molar-refractivity contribution < 1.29 is 9.32 Å². The van der Waals surface area contributed by atoms with Gasteiger partial charge in [-0.15, -0.1) is 0 Å². The van der Waals surface area contributed by atoms with Crippen LogP contribution in [0.15, 0.2) is 22.7 Å². The molecule has 0 spiro atoms. The second-order valence-corrected chi connectivity index (χ2v) is 5.39. The van der Waals surface area contributed by atoms with Crippen molar-refractivity contribution >= 4 is 11.6 Å². The quantitative estimate of drug-likeness (QED) is 0.899. The summed E-state index contributed by atoms with van der Waals surface area (Å²) in [5, 5.41) is 10.1. The Hall–Kier alpha value is -2.37. The van der Waals surface area contributed by atoms with Crippen LogP contribution in [-0.2, 0) is 13.0 Å². The Labute approximate surface area is 122 Å². The zero-order chi connectivity index (χ0) is 14.8. The van der Waals surface area contributed by atoms with Gasteiger partial charge in [-0.25, -0.2) is 0 Å². The van der Waals surface area contributed by atoms with Crippen LogP contribution in [0.5, 0.6) is 0 Å². The van der Waals surface area contributed by atoms with E-state index in [1.165, 1.54) is 0 Å². The number of aromatic nitrogens is 2. The van der Waals surface area contributed by atoms with Crippen LogP contribution in [-0.4, -0.2) is 22.6 Å². The highest BCUT2D eigenvalue weighted by molar-refractivity contribution is 5.98. The van der Waals surface area contributed by atoms with Crippen molar-refractivity contribution in [2.75, 3.05) is 11.9 Å². The lowest BCUT2D eigenvalue weighted by molar-refractivity contribution is 0.0946. The molecule has 0 atom stereocenters. The molecule has 110 valence electrons. The zero-order valence-electron chi connectivity index (χ0n) is 12.1. The molecule has 1 aliphatic heterocycles. The topological polar surface area (TPSA) is 80.0 Å². The molecule has 1 aromatic heterocycles. The van der Waals surface area contributed by atoms with Gasteiger partial charge in [0.05, 0.1) is 6.54 Å². The van der Waals surface area contributed by atoms with Gasteiger partial charge in [0.1, 0.15) is 0 Å². The summed E-state index contributed by atoms with van der Waals surface area (Å²) in [4.78, 5) is 16.1. The fourth-order valence-corrected chi connectivity index (χ4v) is 2.38. The largest absolute Gasteiger partial charge is 0.376 e. The third-order valence-corrected chi connectivity index (χ3v) is 3.51. The number of carbonyl (C=O) groups excluding carboxylic acids is 1. The number of benzene rings is 1. The minimum Gasteiger partial charge on any atom is -0.376 e. The summed E-state index contributed by atoms with van der Waals surface area (Å²) in [6, 6.07) is 5.69. The molecule has 21 heavy (non-hydrogen) atoms. The Kier molecular flexibility index (Phi) is 3.60. The molecule has 0 saturated carbocycles. The Morgan fingerprint density at radius 2 is 2.29 bits per heavy atom. The molecule has 1 aliphatic rings. The Bertz CT molecular complexity index is 663. The van der Waals surface area contributed by atoms with Crippen molar-refractivity contribution in [1.82, 2.24) is 15.5 Å². The number of nitrogens with one attached hydrogen (secondary N) is 2. The summed E-state index contributed by atoms with van der Waals surface area (Å²) < 4.78 is 5.21. The summed E-state index contributed by atoms with van der Waals surface area (Å²) in [6.45, 7) is 5.17. The number of nitrogens with zero attached hydrogens (tertiary/aromatic N) is 2. The van der Waals surface area contributed by atoms with E-state index in [1.54, 1.807) is 0 Å². The van der Waals surface area contributed by atoms with Crippen LogP contribution < -0.4 is 10.6 Å². The molecule has 2 heterocycles. The Morgan fingerprint density at radius 3 is 3.05 bits per heavy atom. The normalized spacial score (nSPS) is 14.0. The number of anilines is 1. The molecule has 0 unspecified atom stereocenters. The highest BCUT2D eigenvalue weighted by atomic mass is 16.5. The maximum absolute atomic E-state index is 11.8. The van der Waals surface area contributed by atoms with Crippen molar-refractivity contribution in [3.8, 4) is 0 Å². The van der Waals surface area contributed by atoms with E-state index in [-0.39, 0.29) is 11.8 Å². The van der Waals surface area contributed by atoms with E-state index in [1.807, 2.05) is 32.0 Å². The van der Waals surface area contributed by atoms with Crippen LogP contribution in [0, 0.1) is 0 Å². The predicted molar refractivity (Wildman–Crippen MR) is 78.2 cm³/mol. The predicted octanol–water partition coefficient (Wildman–Crippen LogP) is 2.09. The molecule has 0 bridgehead atoms. The molecule has 1 amide bonds. The number of fused-ring (bicyclic) bond motifs is 1. The lowest BCUT2D eigenvalue weighted by atomic mass is 9.98. The number of rotatable bonds is 4. The first kappa shape index (κ1) is 13.6. The molecule has 0 fully saturated rings. The number of hydrogen-bond donors (Lipinski definition) is 2. The molecule has 6 heteroatoms. The van der Waals surface area contributed by atoms with E-state index in [4.69, 9.17) is 4.52 Å². The average molecular weight is 286 g/mol. The molecule has 0 radical (unpaired) electrons. The first-order valence-corrected chi connectivity index (χ1v) is 7.11. The van der Waals surface area contributed by atoms with Gasteiger partial charge in [0.25, 0.3) is 5.91 Å². The van der Waals surface area contributed by atoms with Gasteiger partial charge >= 0.3 is 0 Å². The van der Waals surface area contributed by atoms with Crippen LogP contribution in [0.25, 0.3) is 0 Å². The van der Waals surface area contributed by atoms with Crippen LogP contribution in [0.3, 0.4) is 0 Å². The monoisotopic (exact) mass is 286 g/mol. The molecule has 0 saturated heterocycles. The average Bonchev–Trinajstić information content (AvgIpc) is 2.95. The van der Waals surface area contributed by atoms with Gasteiger partial charge < -0.3 is 15.2 Å². The maximum atomic E-state index is 11.8. The lowest BCUT2D eigenvalue weighted by Crippen LogP contribution is -2.32. The second-order valence-electron chi connectivity index (χ2n) is 5.39. The fraction of sp³-hybridized carbons (Fsp3) is 0.400. The van der Waals surface area contributed by atoms with Crippen molar-refractivity contribution in [2.45, 2.75) is 32.7 Å². The second kappa shape index (κ2) is 5.55. The third kappa shape index (κ3) is 2.74. The Morgan fingerprint density at radius 1 is 1.43 bits per heavy atom. The maximum Gasteiger partial charge on any atom is 0.251 e. The molecule has 6 nitrogen and oxygen atoms in total. The molecule has 2 N–H and O–H groups in total. The van der Waals surface area contributed by atoms with E-state index in [2.05, 4.69) is 20.8 Å². The summed E-state index contributed by atoms with van der Waals surface area (Å²) in [5.41, 5.74) is 2.73.